The zero-order chi connectivity index (χ0) is 15.5. The third-order valence-corrected chi connectivity index (χ3v) is 4.11. The van der Waals surface area contributed by atoms with Crippen molar-refractivity contribution in [3.8, 4) is 0 Å². The number of unbranched alkanes of at least 4 members (excludes halogenated alkanes) is 1. The second-order valence-corrected chi connectivity index (χ2v) is 6.02. The highest BCUT2D eigenvalue weighted by Crippen LogP contribution is 2.37. The summed E-state index contributed by atoms with van der Waals surface area (Å²) in [6, 6.07) is 11.1. The molecule has 0 saturated heterocycles. The summed E-state index contributed by atoms with van der Waals surface area (Å²) in [4.78, 5) is 11.6. The Kier molecular flexibility index (Phi) is 4.27. The molecule has 22 heavy (non-hydrogen) atoms. The predicted octanol–water partition coefficient (Wildman–Crippen LogP) is 4.08. The molecule has 1 aromatic heterocycles. The van der Waals surface area contributed by atoms with Crippen LogP contribution in [0.4, 0.5) is 17.5 Å². The summed E-state index contributed by atoms with van der Waals surface area (Å²) in [5.74, 6) is 1.73. The zero-order valence-electron chi connectivity index (χ0n) is 13.6. The lowest BCUT2D eigenvalue weighted by atomic mass is 10.1. The van der Waals surface area contributed by atoms with Crippen molar-refractivity contribution < 1.29 is 0 Å². The molecule has 116 valence electrons. The van der Waals surface area contributed by atoms with Crippen molar-refractivity contribution in [1.82, 2.24) is 9.97 Å². The van der Waals surface area contributed by atoms with Crippen LogP contribution in [0.15, 0.2) is 30.3 Å². The molecule has 1 unspecified atom stereocenters. The van der Waals surface area contributed by atoms with Gasteiger partial charge in [0, 0.05) is 30.0 Å². The SMILES string of the molecule is CCCCNc1nc(C)cc(N2c3ccccc3CC2C)n1. The van der Waals surface area contributed by atoms with Gasteiger partial charge in [-0.15, -0.1) is 0 Å². The van der Waals surface area contributed by atoms with E-state index in [4.69, 9.17) is 4.98 Å². The smallest absolute Gasteiger partial charge is 0.224 e. The van der Waals surface area contributed by atoms with Gasteiger partial charge in [-0.1, -0.05) is 31.5 Å². The number of aryl methyl sites for hydroxylation is 1. The highest BCUT2D eigenvalue weighted by atomic mass is 15.3. The van der Waals surface area contributed by atoms with Crippen molar-refractivity contribution in [2.24, 2.45) is 0 Å². The van der Waals surface area contributed by atoms with E-state index in [2.05, 4.69) is 59.4 Å². The van der Waals surface area contributed by atoms with Crippen molar-refractivity contribution in [2.45, 2.75) is 46.1 Å². The second kappa shape index (κ2) is 6.34. The van der Waals surface area contributed by atoms with Crippen LogP contribution in [-0.2, 0) is 6.42 Å². The van der Waals surface area contributed by atoms with E-state index in [1.807, 2.05) is 6.92 Å². The van der Waals surface area contributed by atoms with E-state index < -0.39 is 0 Å². The summed E-state index contributed by atoms with van der Waals surface area (Å²) < 4.78 is 0. The molecule has 0 spiro atoms. The number of hydrogen-bond donors (Lipinski definition) is 1. The normalized spacial score (nSPS) is 16.7. The first-order valence-electron chi connectivity index (χ1n) is 8.15. The van der Waals surface area contributed by atoms with E-state index in [1.54, 1.807) is 0 Å². The minimum absolute atomic E-state index is 0.426. The van der Waals surface area contributed by atoms with Gasteiger partial charge in [-0.05, 0) is 38.3 Å². The van der Waals surface area contributed by atoms with Crippen molar-refractivity contribution in [3.63, 3.8) is 0 Å². The fourth-order valence-electron chi connectivity index (χ4n) is 3.05. The summed E-state index contributed by atoms with van der Waals surface area (Å²) in [5, 5.41) is 3.34. The molecule has 1 N–H and O–H groups in total. The zero-order valence-corrected chi connectivity index (χ0v) is 13.6. The lowest BCUT2D eigenvalue weighted by molar-refractivity contribution is 0.747. The van der Waals surface area contributed by atoms with Crippen molar-refractivity contribution in [2.75, 3.05) is 16.8 Å². The lowest BCUT2D eigenvalue weighted by Crippen LogP contribution is -2.25. The molecule has 4 heteroatoms. The Balaban J connectivity index is 1.91. The fourth-order valence-corrected chi connectivity index (χ4v) is 3.05. The van der Waals surface area contributed by atoms with Crippen LogP contribution < -0.4 is 10.2 Å². The van der Waals surface area contributed by atoms with Gasteiger partial charge in [-0.2, -0.15) is 4.98 Å². The maximum atomic E-state index is 4.74. The first kappa shape index (κ1) is 14.8. The van der Waals surface area contributed by atoms with Crippen LogP contribution in [0.2, 0.25) is 0 Å². The molecule has 0 aliphatic carbocycles. The van der Waals surface area contributed by atoms with Gasteiger partial charge in [0.15, 0.2) is 0 Å². The molecule has 2 heterocycles. The van der Waals surface area contributed by atoms with Crippen LogP contribution in [0, 0.1) is 6.92 Å². The van der Waals surface area contributed by atoms with Crippen LogP contribution in [0.5, 0.6) is 0 Å². The molecule has 0 fully saturated rings. The average molecular weight is 296 g/mol. The molecule has 4 nitrogen and oxygen atoms in total. The largest absolute Gasteiger partial charge is 0.354 e. The van der Waals surface area contributed by atoms with Gasteiger partial charge in [-0.3, -0.25) is 0 Å². The number of rotatable bonds is 5. The van der Waals surface area contributed by atoms with Crippen LogP contribution in [0.1, 0.15) is 37.9 Å². The number of para-hydroxylation sites is 1. The summed E-state index contributed by atoms with van der Waals surface area (Å²) in [5.41, 5.74) is 3.67. The minimum Gasteiger partial charge on any atom is -0.354 e. The molecule has 0 bridgehead atoms. The van der Waals surface area contributed by atoms with E-state index in [-0.39, 0.29) is 0 Å². The molecule has 1 aromatic carbocycles. The van der Waals surface area contributed by atoms with Crippen LogP contribution >= 0.6 is 0 Å². The lowest BCUT2D eigenvalue weighted by Gasteiger charge is -2.24. The molecule has 2 aromatic rings. The van der Waals surface area contributed by atoms with Crippen molar-refractivity contribution in [3.05, 3.63) is 41.6 Å². The topological polar surface area (TPSA) is 41.1 Å². The van der Waals surface area contributed by atoms with E-state index in [0.717, 1.165) is 36.8 Å². The first-order valence-corrected chi connectivity index (χ1v) is 8.15. The highest BCUT2D eigenvalue weighted by Gasteiger charge is 2.28. The number of benzene rings is 1. The number of hydrogen-bond acceptors (Lipinski definition) is 4. The molecule has 0 amide bonds. The predicted molar refractivity (Wildman–Crippen MR) is 91.9 cm³/mol. The third kappa shape index (κ3) is 2.91. The van der Waals surface area contributed by atoms with E-state index in [9.17, 15) is 0 Å². The molecular formula is C18H24N4. The van der Waals surface area contributed by atoms with Crippen LogP contribution in [0.25, 0.3) is 0 Å². The number of fused-ring (bicyclic) bond motifs is 1. The van der Waals surface area contributed by atoms with Gasteiger partial charge in [0.1, 0.15) is 5.82 Å². The minimum atomic E-state index is 0.426. The van der Waals surface area contributed by atoms with Gasteiger partial charge in [0.2, 0.25) is 5.95 Å². The standard InChI is InChI=1S/C18H24N4/c1-4-5-10-19-18-20-13(2)11-17(21-18)22-14(3)12-15-8-6-7-9-16(15)22/h6-9,11,14H,4-5,10,12H2,1-3H3,(H,19,20,21). The van der Waals surface area contributed by atoms with E-state index in [0.29, 0.717) is 6.04 Å². The maximum absolute atomic E-state index is 4.74. The highest BCUT2D eigenvalue weighted by molar-refractivity contribution is 5.69. The summed E-state index contributed by atoms with van der Waals surface area (Å²) >= 11 is 0. The number of nitrogens with zero attached hydrogens (tertiary/aromatic N) is 3. The Morgan fingerprint density at radius 3 is 2.91 bits per heavy atom. The van der Waals surface area contributed by atoms with E-state index >= 15 is 0 Å². The quantitative estimate of drug-likeness (QED) is 0.844. The van der Waals surface area contributed by atoms with Gasteiger partial charge >= 0.3 is 0 Å². The Hall–Kier alpha value is -2.10. The monoisotopic (exact) mass is 296 g/mol. The Morgan fingerprint density at radius 2 is 2.09 bits per heavy atom. The summed E-state index contributed by atoms with van der Waals surface area (Å²) in [6.07, 6.45) is 3.37. The maximum Gasteiger partial charge on any atom is 0.224 e. The Labute approximate surface area is 132 Å². The number of nitrogens with one attached hydrogen (secondary N) is 1. The van der Waals surface area contributed by atoms with Gasteiger partial charge in [0.25, 0.3) is 0 Å². The van der Waals surface area contributed by atoms with Gasteiger partial charge in [0.05, 0.1) is 0 Å². The molecular weight excluding hydrogens is 272 g/mol. The molecule has 1 atom stereocenters. The molecule has 0 saturated carbocycles. The van der Waals surface area contributed by atoms with Crippen LogP contribution in [-0.4, -0.2) is 22.6 Å². The second-order valence-electron chi connectivity index (χ2n) is 6.02. The molecule has 3 rings (SSSR count). The fraction of sp³-hybridized carbons (Fsp3) is 0.444. The third-order valence-electron chi connectivity index (χ3n) is 4.11. The van der Waals surface area contributed by atoms with Crippen LogP contribution in [0.3, 0.4) is 0 Å². The first-order chi connectivity index (χ1) is 10.7. The van der Waals surface area contributed by atoms with Crippen molar-refractivity contribution >= 4 is 17.5 Å². The van der Waals surface area contributed by atoms with E-state index in [1.165, 1.54) is 17.7 Å². The van der Waals surface area contributed by atoms with Gasteiger partial charge < -0.3 is 10.2 Å². The Bertz CT molecular complexity index is 653. The molecule has 1 aliphatic heterocycles. The average Bonchev–Trinajstić information content (AvgIpc) is 2.82. The van der Waals surface area contributed by atoms with Crippen molar-refractivity contribution in [1.29, 1.82) is 0 Å². The number of aromatic nitrogens is 2. The summed E-state index contributed by atoms with van der Waals surface area (Å²) in [7, 11) is 0. The summed E-state index contributed by atoms with van der Waals surface area (Å²) in [6.45, 7) is 7.39. The number of anilines is 3. The molecule has 1 aliphatic rings. The van der Waals surface area contributed by atoms with Gasteiger partial charge in [-0.25, -0.2) is 4.98 Å². The molecule has 0 radical (unpaired) electrons. The Morgan fingerprint density at radius 1 is 1.27 bits per heavy atom.